The number of nitrogens with zero attached hydrogens (tertiary/aromatic N) is 1. The normalized spacial score (nSPS) is 16.9. The summed E-state index contributed by atoms with van der Waals surface area (Å²) >= 11 is 0. The van der Waals surface area contributed by atoms with Crippen LogP contribution < -0.4 is 15.2 Å². The van der Waals surface area contributed by atoms with E-state index < -0.39 is 314 Å². The smallest absolute Gasteiger partial charge is 0.460 e. The van der Waals surface area contributed by atoms with Crippen molar-refractivity contribution in [3.63, 3.8) is 0 Å². The van der Waals surface area contributed by atoms with E-state index >= 15 is 105 Å². The minimum absolute atomic E-state index is 0.0587. The van der Waals surface area contributed by atoms with Crippen molar-refractivity contribution >= 4 is 31.2 Å². The van der Waals surface area contributed by atoms with Crippen molar-refractivity contribution in [2.75, 3.05) is 27.4 Å². The van der Waals surface area contributed by atoms with E-state index in [2.05, 4.69) is 5.32 Å². The number of carbonyl (C=O) groups excluding carboxylic acids is 3. The Morgan fingerprint density at radius 3 is 0.812 bits per heavy atom. The van der Waals surface area contributed by atoms with Gasteiger partial charge in [0.1, 0.15) is 12.4 Å². The van der Waals surface area contributed by atoms with E-state index in [9.17, 15) is 186 Å². The topological polar surface area (TPSA) is 94.2 Å². The van der Waals surface area contributed by atoms with Crippen LogP contribution in [0.1, 0.15) is 53.2 Å². The highest BCUT2D eigenvalue weighted by molar-refractivity contribution is 6.92. The molecule has 4 rings (SSSR count). The Morgan fingerprint density at radius 1 is 0.312 bits per heavy atom. The average Bonchev–Trinajstić information content (AvgIpc) is 0.689. The number of urea groups is 1. The van der Waals surface area contributed by atoms with E-state index in [1.54, 1.807) is 0 Å². The molecule has 1 unspecified atom stereocenters. The van der Waals surface area contributed by atoms with Crippen molar-refractivity contribution in [1.82, 2.24) is 10.2 Å². The number of nitrogens with one attached hydrogen (secondary N) is 1. The predicted molar refractivity (Wildman–Crippen MR) is 327 cm³/mol. The Morgan fingerprint density at radius 2 is 0.565 bits per heavy atom. The maximum atomic E-state index is 16.2. The molecule has 0 saturated carbocycles. The van der Waals surface area contributed by atoms with Crippen LogP contribution in [-0.4, -0.2) is 237 Å². The third kappa shape index (κ3) is 17.9. The van der Waals surface area contributed by atoms with Crippen molar-refractivity contribution in [2.24, 2.45) is 0 Å². The third-order valence-electron chi connectivity index (χ3n) is 20.5. The fourth-order valence-corrected chi connectivity index (χ4v) is 16.9. The Labute approximate surface area is 720 Å². The van der Waals surface area contributed by atoms with Crippen molar-refractivity contribution in [2.45, 2.75) is 235 Å². The second kappa shape index (κ2) is 36.0. The van der Waals surface area contributed by atoms with Crippen molar-refractivity contribution < 1.29 is 305 Å². The van der Waals surface area contributed by atoms with E-state index in [4.69, 9.17) is 14.2 Å². The van der Waals surface area contributed by atoms with Gasteiger partial charge >= 0.3 is 196 Å². The lowest BCUT2D eigenvalue weighted by Crippen LogP contribution is -2.77. The summed E-state index contributed by atoms with van der Waals surface area (Å²) in [6, 6.07) is -8.10. The van der Waals surface area contributed by atoms with E-state index in [-0.39, 0.29) is 23.3 Å². The first-order chi connectivity index (χ1) is 60.5. The first-order valence-electron chi connectivity index (χ1n) is 34.7. The van der Waals surface area contributed by atoms with Gasteiger partial charge in [-0.2, -0.15) is 277 Å². The first-order valence-corrected chi connectivity index (χ1v) is 37.4. The Hall–Kier alpha value is -8.78. The van der Waals surface area contributed by atoms with Crippen LogP contribution in [0.5, 0.6) is 5.75 Å². The Balaban J connectivity index is 2.26. The summed E-state index contributed by atoms with van der Waals surface area (Å²) in [6.45, 7) is -2.92. The highest BCUT2D eigenvalue weighted by atomic mass is 28.3. The molecule has 0 radical (unpaired) electrons. The van der Waals surface area contributed by atoms with Crippen LogP contribution in [0.15, 0.2) is 90.1 Å². The molecule has 72 heteroatoms. The molecular weight excluding hydrogens is 2140 g/mol. The van der Waals surface area contributed by atoms with Gasteiger partial charge in [-0.1, -0.05) is 59.8 Å². The number of amides is 2. The molecule has 0 bridgehead atoms. The lowest BCUT2D eigenvalue weighted by atomic mass is 9.86. The number of hydrogen-bond donors (Lipinski definition) is 1. The number of carbonyl (C=O) groups is 3. The number of benzene rings is 3. The van der Waals surface area contributed by atoms with E-state index in [0.29, 0.717) is 12.0 Å². The van der Waals surface area contributed by atoms with Gasteiger partial charge < -0.3 is 19.5 Å². The summed E-state index contributed by atoms with van der Waals surface area (Å²) in [4.78, 5) is 41.6. The standard InChI is InChI=1S/C66H41F63N2O6Si/c1-135-29-13-9-27(10-14-29)33-32(35(133)136-2)31(17-8-26-6-4-3-5-7-26)131(36(134)130-33)21-22-137-34(132)28-11-15-30(16-12-28)138(23-18-37(67,68)40(73,74)43(79,80)46(85,86)49(91,92)52(97,98)55(103,104)58(109,110)61(115,116)64(121,122)123,24-19-38(69,70)41(75,76)44(81,82)47(87,88)50(93,94)53(99,100)56(105,106)59(111,112)62(117,118)65(124,125)126)25-20-39(71,72)42(77,78)45(83,84)48(89,90)51(95,96)54(101,102)57(107,108)60(113,114)63(119,120)66(127,128)129/h3-7,9-16,33H,8,17-25H2,1-2H3,(H,130,134). The van der Waals surface area contributed by atoms with Gasteiger partial charge in [0.25, 0.3) is 0 Å². The molecule has 1 aliphatic heterocycles. The number of rotatable bonds is 44. The van der Waals surface area contributed by atoms with E-state index in [1.807, 2.05) is 0 Å². The SMILES string of the molecule is COC(=O)C1=C(CCc2ccccc2)N(CCOC(=O)c2ccc([Si](CCC(F)(F)C(F)(F)C(F)(F)C(F)(F)C(F)(F)C(F)(F)C(F)(F)C(F)(F)C(F)(F)C(F)(F)F)(CCC(F)(F)C(F)(F)C(F)(F)C(F)(F)C(F)(F)C(F)(F)C(F)(F)C(F)(F)C(F)(F)C(F)(F)F)CCC(F)(F)C(F)(F)C(F)(F)C(F)(F)C(F)(F)C(F)(F)C(F)(F)C(F)(F)C(F)(F)C(F)(F)F)cc2)C(=O)NC1c1ccc(OC)cc1. The van der Waals surface area contributed by atoms with Gasteiger partial charge in [-0.25, -0.2) is 14.4 Å². The molecule has 0 fully saturated rings. The van der Waals surface area contributed by atoms with Crippen LogP contribution in [0.3, 0.4) is 0 Å². The molecular formula is C66H41F63N2O6Si. The van der Waals surface area contributed by atoms with E-state index in [1.165, 1.54) is 42.5 Å². The molecule has 796 valence electrons. The van der Waals surface area contributed by atoms with Crippen LogP contribution in [0, 0.1) is 0 Å². The van der Waals surface area contributed by atoms with Crippen molar-refractivity contribution in [1.29, 1.82) is 0 Å². The molecule has 8 nitrogen and oxygen atoms in total. The average molecular weight is 2180 g/mol. The van der Waals surface area contributed by atoms with Crippen LogP contribution in [0.4, 0.5) is 281 Å². The second-order valence-electron chi connectivity index (χ2n) is 29.0. The van der Waals surface area contributed by atoms with Gasteiger partial charge in [0, 0.05) is 25.0 Å². The van der Waals surface area contributed by atoms with Crippen molar-refractivity contribution in [3.05, 3.63) is 107 Å². The highest BCUT2D eigenvalue weighted by Gasteiger charge is 3.02. The Kier molecular flexibility index (Phi) is 31.7. The molecule has 3 aromatic carbocycles. The third-order valence-corrected chi connectivity index (χ3v) is 25.7. The number of aryl methyl sites for hydroxylation is 1. The largest absolute Gasteiger partial charge is 0.497 e. The lowest BCUT2D eigenvalue weighted by Gasteiger charge is -2.45. The molecule has 0 spiro atoms. The van der Waals surface area contributed by atoms with Gasteiger partial charge in [-0.05, 0) is 66.4 Å². The van der Waals surface area contributed by atoms with Gasteiger partial charge in [0.15, 0.2) is 0 Å². The molecule has 0 saturated heterocycles. The molecule has 1 atom stereocenters. The van der Waals surface area contributed by atoms with Crippen LogP contribution in [-0.2, 0) is 20.7 Å². The zero-order valence-electron chi connectivity index (χ0n) is 64.9. The molecule has 1 N–H and O–H groups in total. The zero-order valence-corrected chi connectivity index (χ0v) is 65.9. The number of ether oxygens (including phenoxy) is 3. The molecule has 138 heavy (non-hydrogen) atoms. The number of allylic oxidation sites excluding steroid dienone is 1. The molecule has 0 aromatic heterocycles. The molecule has 0 aliphatic carbocycles. The van der Waals surface area contributed by atoms with Gasteiger partial charge in [-0.3, -0.25) is 4.90 Å². The molecule has 1 aliphatic rings. The van der Waals surface area contributed by atoms with Crippen LogP contribution in [0.25, 0.3) is 0 Å². The molecule has 1 heterocycles. The zero-order chi connectivity index (χ0) is 110. The summed E-state index contributed by atoms with van der Waals surface area (Å²) in [5, 5.41) is -0.663. The monoisotopic (exact) mass is 2180 g/mol. The minimum Gasteiger partial charge on any atom is -0.497 e. The summed E-state index contributed by atoms with van der Waals surface area (Å²) in [5.74, 6) is -270. The van der Waals surface area contributed by atoms with Gasteiger partial charge in [-0.15, -0.1) is 0 Å². The number of methoxy groups -OCH3 is 2. The quantitative estimate of drug-likeness (QED) is 0.0344. The molecule has 3 aromatic rings. The Bertz CT molecular complexity index is 4520. The summed E-state index contributed by atoms with van der Waals surface area (Å²) in [6.07, 6.45) is -42.2. The lowest BCUT2D eigenvalue weighted by molar-refractivity contribution is -0.474. The second-order valence-corrected chi connectivity index (χ2v) is 33.7. The first kappa shape index (κ1) is 122. The number of esters is 2. The number of alkyl halides is 63. The maximum absolute atomic E-state index is 16.2. The number of hydrogen-bond acceptors (Lipinski definition) is 6. The fourth-order valence-electron chi connectivity index (χ4n) is 12.0. The van der Waals surface area contributed by atoms with Gasteiger partial charge in [0.2, 0.25) is 0 Å². The minimum atomic E-state index is -10.3. The van der Waals surface area contributed by atoms with E-state index in [0.717, 1.165) is 19.2 Å². The maximum Gasteiger partial charge on any atom is 0.460 e. The van der Waals surface area contributed by atoms with Crippen LogP contribution >= 0.6 is 0 Å². The van der Waals surface area contributed by atoms with Gasteiger partial charge in [0.05, 0.1) is 46.0 Å². The fraction of sp³-hybridized carbons (Fsp3) is 0.652. The van der Waals surface area contributed by atoms with Crippen LogP contribution in [0.2, 0.25) is 18.1 Å². The predicted octanol–water partition coefficient (Wildman–Crippen LogP) is 26.3. The highest BCUT2D eigenvalue weighted by Crippen LogP contribution is 2.72. The summed E-state index contributed by atoms with van der Waals surface area (Å²) in [7, 11) is -6.74. The summed E-state index contributed by atoms with van der Waals surface area (Å²) < 4.78 is 933. The summed E-state index contributed by atoms with van der Waals surface area (Å²) in [5.41, 5.74) is -2.77. The van der Waals surface area contributed by atoms with Crippen molar-refractivity contribution in [3.8, 4) is 5.75 Å². The molecule has 2 amide bonds. The number of halogens is 63.